The first-order valence-corrected chi connectivity index (χ1v) is 7.70. The van der Waals surface area contributed by atoms with Crippen LogP contribution in [0, 0.1) is 0 Å². The first kappa shape index (κ1) is 15.0. The lowest BCUT2D eigenvalue weighted by atomic mass is 10.00. The van der Waals surface area contributed by atoms with Crippen LogP contribution in [-0.2, 0) is 14.3 Å². The first-order valence-electron chi connectivity index (χ1n) is 7.70. The molecule has 1 fully saturated rings. The van der Waals surface area contributed by atoms with E-state index in [-0.39, 0.29) is 24.5 Å². The van der Waals surface area contributed by atoms with Crippen LogP contribution in [0.4, 0.5) is 0 Å². The number of nitrogens with zero attached hydrogens (tertiary/aromatic N) is 4. The number of carbonyl (C=O) groups excluding carboxylic acids is 2. The highest BCUT2D eigenvalue weighted by molar-refractivity contribution is 6.02. The van der Waals surface area contributed by atoms with Crippen LogP contribution in [0.25, 0.3) is 0 Å². The lowest BCUT2D eigenvalue weighted by molar-refractivity contribution is -0.144. The van der Waals surface area contributed by atoms with E-state index in [4.69, 9.17) is 4.74 Å². The number of esters is 1. The molecular formula is C14H21N5O3. The van der Waals surface area contributed by atoms with Crippen molar-refractivity contribution in [2.75, 3.05) is 39.3 Å². The summed E-state index contributed by atoms with van der Waals surface area (Å²) >= 11 is 0. The second kappa shape index (κ2) is 6.43. The zero-order chi connectivity index (χ0) is 15.5. The fourth-order valence-corrected chi connectivity index (χ4v) is 3.06. The first-order chi connectivity index (χ1) is 10.7. The van der Waals surface area contributed by atoms with E-state index in [1.54, 1.807) is 18.2 Å². The average molecular weight is 307 g/mol. The number of amides is 1. The van der Waals surface area contributed by atoms with Gasteiger partial charge in [0.15, 0.2) is 0 Å². The summed E-state index contributed by atoms with van der Waals surface area (Å²) in [5.41, 5.74) is 0. The number of rotatable bonds is 3. The van der Waals surface area contributed by atoms with Gasteiger partial charge in [-0.05, 0) is 6.92 Å². The molecule has 0 aromatic rings. The highest BCUT2D eigenvalue weighted by Gasteiger charge is 2.42. The molecule has 0 aromatic heterocycles. The van der Waals surface area contributed by atoms with Gasteiger partial charge in [-0.15, -0.1) is 0 Å². The lowest BCUT2D eigenvalue weighted by Crippen LogP contribution is -2.53. The van der Waals surface area contributed by atoms with E-state index in [2.05, 4.69) is 20.2 Å². The number of amidine groups is 1. The van der Waals surface area contributed by atoms with Gasteiger partial charge in [0.25, 0.3) is 5.91 Å². The molecule has 2 atom stereocenters. The third-order valence-electron chi connectivity index (χ3n) is 4.11. The molecule has 2 unspecified atom stereocenters. The summed E-state index contributed by atoms with van der Waals surface area (Å²) in [5.74, 6) is 0.258. The molecule has 3 aliphatic heterocycles. The largest absolute Gasteiger partial charge is 0.465 e. The van der Waals surface area contributed by atoms with Crippen LogP contribution >= 0.6 is 0 Å². The Balaban J connectivity index is 1.67. The van der Waals surface area contributed by atoms with Gasteiger partial charge >= 0.3 is 5.97 Å². The van der Waals surface area contributed by atoms with Crippen LogP contribution < -0.4 is 5.32 Å². The number of ether oxygens (including phenoxy) is 1. The maximum absolute atomic E-state index is 12.4. The molecule has 0 bridgehead atoms. The minimum Gasteiger partial charge on any atom is -0.465 e. The van der Waals surface area contributed by atoms with Crippen molar-refractivity contribution in [3.63, 3.8) is 0 Å². The fraction of sp³-hybridized carbons (Fsp3) is 0.714. The Morgan fingerprint density at radius 3 is 2.95 bits per heavy atom. The number of hydrogen-bond donors (Lipinski definition) is 1. The molecule has 0 spiro atoms. The Hall–Kier alpha value is -1.96. The second-order valence-electron chi connectivity index (χ2n) is 5.56. The molecule has 0 aliphatic carbocycles. The Labute approximate surface area is 129 Å². The quantitative estimate of drug-likeness (QED) is 0.664. The zero-order valence-electron chi connectivity index (χ0n) is 12.7. The van der Waals surface area contributed by atoms with Gasteiger partial charge in [-0.2, -0.15) is 4.99 Å². The molecule has 3 aliphatic rings. The van der Waals surface area contributed by atoms with Crippen molar-refractivity contribution in [2.24, 2.45) is 9.98 Å². The minimum atomic E-state index is -0.462. The number of fused-ring (bicyclic) bond motifs is 1. The van der Waals surface area contributed by atoms with Crippen LogP contribution in [0.1, 0.15) is 13.3 Å². The van der Waals surface area contributed by atoms with E-state index in [0.29, 0.717) is 13.0 Å². The second-order valence-corrected chi connectivity index (χ2v) is 5.56. The Kier molecular flexibility index (Phi) is 4.37. The van der Waals surface area contributed by atoms with Gasteiger partial charge in [0, 0.05) is 32.6 Å². The summed E-state index contributed by atoms with van der Waals surface area (Å²) in [6.07, 6.45) is 2.23. The highest BCUT2D eigenvalue weighted by Crippen LogP contribution is 2.24. The van der Waals surface area contributed by atoms with Gasteiger partial charge in [-0.25, -0.2) is 0 Å². The van der Waals surface area contributed by atoms with E-state index < -0.39 is 6.04 Å². The molecule has 3 rings (SSSR count). The molecule has 3 heterocycles. The topological polar surface area (TPSA) is 86.6 Å². The van der Waals surface area contributed by atoms with Crippen LogP contribution in [0.2, 0.25) is 0 Å². The summed E-state index contributed by atoms with van der Waals surface area (Å²) in [4.78, 5) is 36.4. The summed E-state index contributed by atoms with van der Waals surface area (Å²) in [6.45, 7) is 5.66. The number of carbonyl (C=O) groups is 2. The SMILES string of the molecule is CCOC(=O)CN1C=NC2CC(N3CCNCC3)=NC(=O)C21. The Morgan fingerprint density at radius 1 is 1.45 bits per heavy atom. The van der Waals surface area contributed by atoms with Crippen molar-refractivity contribution in [1.82, 2.24) is 15.1 Å². The number of aliphatic imine (C=N–C) groups is 2. The van der Waals surface area contributed by atoms with Crippen LogP contribution in [0.15, 0.2) is 9.98 Å². The lowest BCUT2D eigenvalue weighted by Gasteiger charge is -2.35. The standard InChI is InChI=1S/C14H21N5O3/c1-2-22-12(20)8-19-9-16-10-7-11(17-14(21)13(10)19)18-5-3-15-4-6-18/h9-10,13,15H,2-8H2,1H3. The molecule has 22 heavy (non-hydrogen) atoms. The van der Waals surface area contributed by atoms with Crippen LogP contribution in [0.3, 0.4) is 0 Å². The summed E-state index contributed by atoms with van der Waals surface area (Å²) in [5, 5.41) is 3.28. The van der Waals surface area contributed by atoms with E-state index in [9.17, 15) is 9.59 Å². The summed E-state index contributed by atoms with van der Waals surface area (Å²) in [6, 6.07) is -0.611. The molecule has 120 valence electrons. The van der Waals surface area contributed by atoms with Gasteiger partial charge in [-0.3, -0.25) is 14.6 Å². The molecule has 8 nitrogen and oxygen atoms in total. The molecule has 8 heteroatoms. The number of piperazine rings is 1. The Morgan fingerprint density at radius 2 is 2.23 bits per heavy atom. The summed E-state index contributed by atoms with van der Waals surface area (Å²) in [7, 11) is 0. The average Bonchev–Trinajstić information content (AvgIpc) is 2.92. The molecule has 0 aromatic carbocycles. The summed E-state index contributed by atoms with van der Waals surface area (Å²) < 4.78 is 4.93. The van der Waals surface area contributed by atoms with Gasteiger partial charge in [0.05, 0.1) is 19.0 Å². The van der Waals surface area contributed by atoms with Crippen molar-refractivity contribution in [2.45, 2.75) is 25.4 Å². The van der Waals surface area contributed by atoms with Crippen LogP contribution in [-0.4, -0.2) is 85.3 Å². The van der Waals surface area contributed by atoms with E-state index in [0.717, 1.165) is 32.0 Å². The molecule has 1 N–H and O–H groups in total. The maximum atomic E-state index is 12.4. The third-order valence-corrected chi connectivity index (χ3v) is 4.11. The molecule has 0 radical (unpaired) electrons. The van der Waals surface area contributed by atoms with Crippen molar-refractivity contribution < 1.29 is 14.3 Å². The predicted octanol–water partition coefficient (Wildman–Crippen LogP) is -1.14. The van der Waals surface area contributed by atoms with Gasteiger partial charge < -0.3 is 19.9 Å². The number of nitrogens with one attached hydrogen (secondary N) is 1. The third kappa shape index (κ3) is 2.96. The van der Waals surface area contributed by atoms with E-state index in [1.807, 2.05) is 0 Å². The monoisotopic (exact) mass is 307 g/mol. The van der Waals surface area contributed by atoms with E-state index in [1.165, 1.54) is 0 Å². The zero-order valence-corrected chi connectivity index (χ0v) is 12.7. The highest BCUT2D eigenvalue weighted by atomic mass is 16.5. The van der Waals surface area contributed by atoms with E-state index >= 15 is 0 Å². The smallest absolute Gasteiger partial charge is 0.325 e. The van der Waals surface area contributed by atoms with Crippen molar-refractivity contribution >= 4 is 24.1 Å². The predicted molar refractivity (Wildman–Crippen MR) is 80.9 cm³/mol. The van der Waals surface area contributed by atoms with Crippen molar-refractivity contribution in [3.05, 3.63) is 0 Å². The van der Waals surface area contributed by atoms with Gasteiger partial charge in [-0.1, -0.05) is 0 Å². The molecule has 1 amide bonds. The van der Waals surface area contributed by atoms with Crippen molar-refractivity contribution in [1.29, 1.82) is 0 Å². The number of hydrogen-bond acceptors (Lipinski definition) is 7. The fourth-order valence-electron chi connectivity index (χ4n) is 3.06. The maximum Gasteiger partial charge on any atom is 0.325 e. The van der Waals surface area contributed by atoms with Gasteiger partial charge in [0.2, 0.25) is 0 Å². The molecule has 0 saturated carbocycles. The normalized spacial score (nSPS) is 27.7. The minimum absolute atomic E-state index is 0.0444. The van der Waals surface area contributed by atoms with Crippen molar-refractivity contribution in [3.8, 4) is 0 Å². The molecule has 1 saturated heterocycles. The molecular weight excluding hydrogens is 286 g/mol. The Bertz CT molecular complexity index is 513. The van der Waals surface area contributed by atoms with Crippen LogP contribution in [0.5, 0.6) is 0 Å². The van der Waals surface area contributed by atoms with Gasteiger partial charge in [0.1, 0.15) is 18.4 Å².